The second kappa shape index (κ2) is 12.0. The summed E-state index contributed by atoms with van der Waals surface area (Å²) >= 11 is 0. The van der Waals surface area contributed by atoms with Gasteiger partial charge in [0.15, 0.2) is 0 Å². The molecule has 0 saturated carbocycles. The number of rotatable bonds is 5. The molecule has 238 valence electrons. The number of benzene rings is 9. The van der Waals surface area contributed by atoms with Crippen molar-refractivity contribution >= 4 is 43.4 Å². The molecule has 1 aromatic heterocycles. The standard InChI is InChI=1S/C49H32N2/c1-3-13-33(14-4-1)38-27-30-43-44(32-38)48(39-24-23-34-15-7-8-18-37(34)31-39)42-20-10-9-19-41(42)47(43)35-25-28-40(29-26-35)51-46-22-12-11-21-45(46)50-49(51)36-16-5-2-6-17-36/h1-32H. The van der Waals surface area contributed by atoms with Gasteiger partial charge in [-0.15, -0.1) is 0 Å². The van der Waals surface area contributed by atoms with Crippen LogP contribution in [-0.4, -0.2) is 9.55 Å². The van der Waals surface area contributed by atoms with Gasteiger partial charge in [0, 0.05) is 11.3 Å². The Morgan fingerprint density at radius 3 is 1.67 bits per heavy atom. The predicted octanol–water partition coefficient (Wildman–Crippen LogP) is 13.2. The first-order chi connectivity index (χ1) is 25.3. The quantitative estimate of drug-likeness (QED) is 0.170. The lowest BCUT2D eigenvalue weighted by Crippen LogP contribution is -1.98. The van der Waals surface area contributed by atoms with E-state index in [1.807, 2.05) is 6.07 Å². The summed E-state index contributed by atoms with van der Waals surface area (Å²) in [4.78, 5) is 5.08. The van der Waals surface area contributed by atoms with Gasteiger partial charge >= 0.3 is 0 Å². The van der Waals surface area contributed by atoms with Gasteiger partial charge in [0.05, 0.1) is 11.0 Å². The molecule has 10 aromatic rings. The van der Waals surface area contributed by atoms with E-state index >= 15 is 0 Å². The van der Waals surface area contributed by atoms with Gasteiger partial charge in [-0.3, -0.25) is 4.57 Å². The van der Waals surface area contributed by atoms with Crippen molar-refractivity contribution in [3.05, 3.63) is 194 Å². The zero-order valence-electron chi connectivity index (χ0n) is 27.9. The molecule has 0 spiro atoms. The summed E-state index contributed by atoms with van der Waals surface area (Å²) in [7, 11) is 0. The third-order valence-corrected chi connectivity index (χ3v) is 10.2. The molecule has 0 fully saturated rings. The zero-order valence-corrected chi connectivity index (χ0v) is 27.9. The van der Waals surface area contributed by atoms with Gasteiger partial charge in [-0.1, -0.05) is 158 Å². The normalized spacial score (nSPS) is 11.5. The molecular weight excluding hydrogens is 617 g/mol. The van der Waals surface area contributed by atoms with Gasteiger partial charge in [0.25, 0.3) is 0 Å². The molecule has 0 saturated heterocycles. The molecule has 2 heteroatoms. The molecule has 0 aliphatic rings. The van der Waals surface area contributed by atoms with Crippen LogP contribution in [0.5, 0.6) is 0 Å². The maximum atomic E-state index is 5.08. The predicted molar refractivity (Wildman–Crippen MR) is 215 cm³/mol. The smallest absolute Gasteiger partial charge is 0.145 e. The van der Waals surface area contributed by atoms with Crippen LogP contribution in [0.3, 0.4) is 0 Å². The van der Waals surface area contributed by atoms with Crippen molar-refractivity contribution in [2.24, 2.45) is 0 Å². The van der Waals surface area contributed by atoms with Gasteiger partial charge in [-0.25, -0.2) is 4.98 Å². The lowest BCUT2D eigenvalue weighted by molar-refractivity contribution is 1.10. The van der Waals surface area contributed by atoms with E-state index in [1.54, 1.807) is 0 Å². The summed E-state index contributed by atoms with van der Waals surface area (Å²) in [5.41, 5.74) is 11.6. The molecule has 0 amide bonds. The number of para-hydroxylation sites is 2. The van der Waals surface area contributed by atoms with Crippen molar-refractivity contribution in [2.45, 2.75) is 0 Å². The van der Waals surface area contributed by atoms with Crippen molar-refractivity contribution in [1.82, 2.24) is 9.55 Å². The van der Waals surface area contributed by atoms with Crippen LogP contribution in [0, 0.1) is 0 Å². The summed E-state index contributed by atoms with van der Waals surface area (Å²) < 4.78 is 2.28. The molecular formula is C49H32N2. The molecule has 0 aliphatic carbocycles. The van der Waals surface area contributed by atoms with E-state index in [0.29, 0.717) is 0 Å². The number of imidazole rings is 1. The zero-order chi connectivity index (χ0) is 33.7. The Balaban J connectivity index is 1.22. The van der Waals surface area contributed by atoms with Gasteiger partial charge in [0.1, 0.15) is 5.82 Å². The Labute approximate surface area is 296 Å². The molecule has 0 N–H and O–H groups in total. The highest BCUT2D eigenvalue weighted by atomic mass is 15.1. The largest absolute Gasteiger partial charge is 0.292 e. The van der Waals surface area contributed by atoms with Crippen molar-refractivity contribution in [3.8, 4) is 50.5 Å². The minimum absolute atomic E-state index is 0.939. The molecule has 2 nitrogen and oxygen atoms in total. The average Bonchev–Trinajstić information content (AvgIpc) is 3.60. The first-order valence-electron chi connectivity index (χ1n) is 17.5. The van der Waals surface area contributed by atoms with Crippen LogP contribution in [0.15, 0.2) is 194 Å². The van der Waals surface area contributed by atoms with E-state index in [1.165, 1.54) is 65.7 Å². The minimum Gasteiger partial charge on any atom is -0.292 e. The molecule has 51 heavy (non-hydrogen) atoms. The second-order valence-electron chi connectivity index (χ2n) is 13.2. The Hall–Kier alpha value is -6.77. The van der Waals surface area contributed by atoms with Crippen LogP contribution in [0.4, 0.5) is 0 Å². The van der Waals surface area contributed by atoms with Crippen molar-refractivity contribution in [1.29, 1.82) is 0 Å². The summed E-state index contributed by atoms with van der Waals surface area (Å²) in [6, 6.07) is 70.0. The summed E-state index contributed by atoms with van der Waals surface area (Å²) in [5, 5.41) is 7.47. The van der Waals surface area contributed by atoms with Gasteiger partial charge in [0.2, 0.25) is 0 Å². The maximum Gasteiger partial charge on any atom is 0.145 e. The first kappa shape index (κ1) is 29.2. The molecule has 0 unspecified atom stereocenters. The van der Waals surface area contributed by atoms with E-state index < -0.39 is 0 Å². The van der Waals surface area contributed by atoms with E-state index in [0.717, 1.165) is 28.1 Å². The highest BCUT2D eigenvalue weighted by Gasteiger charge is 2.19. The van der Waals surface area contributed by atoms with Crippen LogP contribution in [-0.2, 0) is 0 Å². The number of nitrogens with zero attached hydrogens (tertiary/aromatic N) is 2. The van der Waals surface area contributed by atoms with Crippen molar-refractivity contribution in [2.75, 3.05) is 0 Å². The molecule has 0 radical (unpaired) electrons. The summed E-state index contributed by atoms with van der Waals surface area (Å²) in [5.74, 6) is 0.939. The van der Waals surface area contributed by atoms with Crippen LogP contribution in [0.2, 0.25) is 0 Å². The molecule has 10 rings (SSSR count). The SMILES string of the molecule is c1ccc(-c2ccc3c(-c4ccc(-n5c(-c6ccccc6)nc6ccccc65)cc4)c4ccccc4c(-c4ccc5ccccc5c4)c3c2)cc1. The summed E-state index contributed by atoms with van der Waals surface area (Å²) in [6.45, 7) is 0. The summed E-state index contributed by atoms with van der Waals surface area (Å²) in [6.07, 6.45) is 0. The molecule has 0 atom stereocenters. The van der Waals surface area contributed by atoms with E-state index in [-0.39, 0.29) is 0 Å². The fourth-order valence-electron chi connectivity index (χ4n) is 7.80. The van der Waals surface area contributed by atoms with E-state index in [9.17, 15) is 0 Å². The lowest BCUT2D eigenvalue weighted by Gasteiger charge is -2.19. The highest BCUT2D eigenvalue weighted by Crippen LogP contribution is 2.45. The average molecular weight is 649 g/mol. The minimum atomic E-state index is 0.939. The third kappa shape index (κ3) is 4.92. The van der Waals surface area contributed by atoms with Gasteiger partial charge in [-0.05, 0) is 102 Å². The fourth-order valence-corrected chi connectivity index (χ4v) is 7.80. The maximum absolute atomic E-state index is 5.08. The Kier molecular flexibility index (Phi) is 6.85. The number of fused-ring (bicyclic) bond motifs is 4. The Bertz CT molecular complexity index is 2880. The van der Waals surface area contributed by atoms with Crippen LogP contribution in [0.25, 0.3) is 93.8 Å². The van der Waals surface area contributed by atoms with Crippen molar-refractivity contribution < 1.29 is 0 Å². The van der Waals surface area contributed by atoms with Crippen LogP contribution in [0.1, 0.15) is 0 Å². The fraction of sp³-hybridized carbons (Fsp3) is 0. The Morgan fingerprint density at radius 1 is 0.333 bits per heavy atom. The molecule has 1 heterocycles. The second-order valence-corrected chi connectivity index (χ2v) is 13.2. The molecule has 9 aromatic carbocycles. The van der Waals surface area contributed by atoms with Crippen LogP contribution >= 0.6 is 0 Å². The van der Waals surface area contributed by atoms with Crippen LogP contribution < -0.4 is 0 Å². The van der Waals surface area contributed by atoms with E-state index in [2.05, 4.69) is 193 Å². The first-order valence-corrected chi connectivity index (χ1v) is 17.5. The molecule has 0 bridgehead atoms. The van der Waals surface area contributed by atoms with E-state index in [4.69, 9.17) is 4.98 Å². The topological polar surface area (TPSA) is 17.8 Å². The van der Waals surface area contributed by atoms with Crippen molar-refractivity contribution in [3.63, 3.8) is 0 Å². The number of hydrogen-bond acceptors (Lipinski definition) is 1. The monoisotopic (exact) mass is 648 g/mol. The Morgan fingerprint density at radius 2 is 0.902 bits per heavy atom. The lowest BCUT2D eigenvalue weighted by atomic mass is 9.84. The number of aromatic nitrogens is 2. The third-order valence-electron chi connectivity index (χ3n) is 10.2. The number of hydrogen-bond donors (Lipinski definition) is 0. The molecule has 0 aliphatic heterocycles. The highest BCUT2D eigenvalue weighted by molar-refractivity contribution is 6.22. The van der Waals surface area contributed by atoms with Gasteiger partial charge in [-0.2, -0.15) is 0 Å². The van der Waals surface area contributed by atoms with Gasteiger partial charge < -0.3 is 0 Å².